The molecule has 0 aliphatic rings. The minimum absolute atomic E-state index is 0.00262. The molecule has 2 atom stereocenters. The van der Waals surface area contributed by atoms with E-state index in [9.17, 15) is 9.59 Å². The highest BCUT2D eigenvalue weighted by Crippen LogP contribution is 2.62. The van der Waals surface area contributed by atoms with Crippen molar-refractivity contribution < 1.29 is 14.2 Å². The van der Waals surface area contributed by atoms with Gasteiger partial charge in [-0.1, -0.05) is 75.7 Å². The van der Waals surface area contributed by atoms with Crippen LogP contribution in [0.4, 0.5) is 0 Å². The zero-order valence-electron chi connectivity index (χ0n) is 21.0. The predicted octanol–water partition coefficient (Wildman–Crippen LogP) is 5.97. The number of carbonyl (C=O) groups excluding carboxylic acids is 2. The smallest absolute Gasteiger partial charge is 0.226 e. The molecule has 4 nitrogen and oxygen atoms in total. The van der Waals surface area contributed by atoms with Crippen LogP contribution in [0.3, 0.4) is 0 Å². The molecule has 1 unspecified atom stereocenters. The van der Waals surface area contributed by atoms with Gasteiger partial charge in [-0.25, -0.2) is 0 Å². The molecule has 5 heteroatoms. The minimum Gasteiger partial charge on any atom is -0.349 e. The molecule has 174 valence electrons. The van der Waals surface area contributed by atoms with E-state index < -0.39 is 12.3 Å². The van der Waals surface area contributed by atoms with Crippen molar-refractivity contribution in [3.8, 4) is 0 Å². The van der Waals surface area contributed by atoms with Crippen LogP contribution >= 0.6 is 7.14 Å². The number of benzene rings is 2. The molecule has 1 amide bonds. The van der Waals surface area contributed by atoms with Crippen molar-refractivity contribution in [2.24, 2.45) is 11.8 Å². The Labute approximate surface area is 193 Å². The van der Waals surface area contributed by atoms with Crippen LogP contribution in [0.1, 0.15) is 61.2 Å². The number of amides is 1. The summed E-state index contributed by atoms with van der Waals surface area (Å²) in [6, 6.07) is 13.0. The number of carbonyl (C=O) groups is 2. The first-order valence-corrected chi connectivity index (χ1v) is 12.9. The minimum atomic E-state index is -3.63. The second kappa shape index (κ2) is 9.75. The second-order valence-corrected chi connectivity index (χ2v) is 13.5. The normalized spacial score (nSPS) is 14.7. The number of aryl methyl sites for hydroxylation is 3. The highest BCUT2D eigenvalue weighted by molar-refractivity contribution is 7.88. The molecule has 2 aromatic carbocycles. The molecule has 0 spiro atoms. The molecule has 2 rings (SSSR count). The predicted molar refractivity (Wildman–Crippen MR) is 134 cm³/mol. The second-order valence-electron chi connectivity index (χ2n) is 10.1. The molecule has 2 aromatic rings. The van der Waals surface area contributed by atoms with Crippen LogP contribution in [0, 0.1) is 32.6 Å². The lowest BCUT2D eigenvalue weighted by Gasteiger charge is -2.38. The SMILES string of the molecule is Cc1cc(C)c(C(=O)P(=O)(c2ccccc2)C(C)(C)C[C@@H](C(=O)N(C)C)C(C)C)c(C)c1. The van der Waals surface area contributed by atoms with Crippen LogP contribution in [0.15, 0.2) is 42.5 Å². The summed E-state index contributed by atoms with van der Waals surface area (Å²) in [5.41, 5.74) is 2.97. The van der Waals surface area contributed by atoms with Crippen LogP contribution < -0.4 is 5.30 Å². The number of nitrogens with zero attached hydrogens (tertiary/aromatic N) is 1. The molecule has 0 fully saturated rings. The summed E-state index contributed by atoms with van der Waals surface area (Å²) in [4.78, 5) is 28.7. The van der Waals surface area contributed by atoms with Gasteiger partial charge < -0.3 is 9.46 Å². The number of rotatable bonds is 8. The monoisotopic (exact) mass is 455 g/mol. The average molecular weight is 456 g/mol. The van der Waals surface area contributed by atoms with Crippen molar-refractivity contribution in [3.63, 3.8) is 0 Å². The summed E-state index contributed by atoms with van der Waals surface area (Å²) >= 11 is 0. The lowest BCUT2D eigenvalue weighted by molar-refractivity contribution is -0.134. The van der Waals surface area contributed by atoms with Gasteiger partial charge in [0.25, 0.3) is 0 Å². The fourth-order valence-electron chi connectivity index (χ4n) is 4.66. The molecular weight excluding hydrogens is 417 g/mol. The summed E-state index contributed by atoms with van der Waals surface area (Å²) in [7, 11) is -0.146. The Morgan fingerprint density at radius 3 is 1.91 bits per heavy atom. The Kier molecular flexibility index (Phi) is 7.94. The third-order valence-corrected chi connectivity index (χ3v) is 10.1. The van der Waals surface area contributed by atoms with Crippen molar-refractivity contribution in [3.05, 3.63) is 64.7 Å². The molecule has 0 radical (unpaired) electrons. The van der Waals surface area contributed by atoms with Gasteiger partial charge in [0.1, 0.15) is 0 Å². The highest BCUT2D eigenvalue weighted by Gasteiger charge is 2.50. The summed E-state index contributed by atoms with van der Waals surface area (Å²) in [5, 5.41) is -0.357. The van der Waals surface area contributed by atoms with Crippen LogP contribution in [0.25, 0.3) is 0 Å². The van der Waals surface area contributed by atoms with E-state index in [0.29, 0.717) is 17.3 Å². The molecule has 0 aromatic heterocycles. The topological polar surface area (TPSA) is 54.5 Å². The van der Waals surface area contributed by atoms with Gasteiger partial charge >= 0.3 is 0 Å². The standard InChI is InChI=1S/C27H38NO3P/c1-18(2)23(25(29)28(8)9)17-27(6,7)32(31,22-13-11-10-12-14-22)26(30)24-20(4)15-19(3)16-21(24)5/h10-16,18,23H,17H2,1-9H3/t23-,32?/m1/s1. The molecule has 0 bridgehead atoms. The maximum absolute atomic E-state index is 15.0. The zero-order chi connectivity index (χ0) is 24.4. The van der Waals surface area contributed by atoms with E-state index in [-0.39, 0.29) is 23.3 Å². The lowest BCUT2D eigenvalue weighted by Crippen LogP contribution is -2.40. The van der Waals surface area contributed by atoms with Crippen molar-refractivity contribution in [1.29, 1.82) is 0 Å². The first-order chi connectivity index (χ1) is 14.7. The Bertz CT molecular complexity index is 1020. The zero-order valence-corrected chi connectivity index (χ0v) is 21.9. The van der Waals surface area contributed by atoms with E-state index >= 15 is 4.57 Å². The number of hydrogen-bond acceptors (Lipinski definition) is 3. The Morgan fingerprint density at radius 1 is 0.969 bits per heavy atom. The maximum Gasteiger partial charge on any atom is 0.226 e. The first kappa shape index (κ1) is 26.1. The first-order valence-electron chi connectivity index (χ1n) is 11.2. The fourth-order valence-corrected chi connectivity index (χ4v) is 7.86. The van der Waals surface area contributed by atoms with Gasteiger partial charge in [-0.3, -0.25) is 9.59 Å². The molecular formula is C27H38NO3P. The van der Waals surface area contributed by atoms with E-state index in [1.807, 2.05) is 78.8 Å². The van der Waals surface area contributed by atoms with Gasteiger partial charge in [0.15, 0.2) is 7.14 Å². The average Bonchev–Trinajstić information content (AvgIpc) is 2.70. The summed E-state index contributed by atoms with van der Waals surface area (Å²) in [5.74, 6) is -0.265. The van der Waals surface area contributed by atoms with Gasteiger partial charge in [0.05, 0.1) is 0 Å². The van der Waals surface area contributed by atoms with E-state index in [1.54, 1.807) is 31.1 Å². The molecule has 0 saturated carbocycles. The van der Waals surface area contributed by atoms with Crippen molar-refractivity contribution in [2.45, 2.75) is 60.0 Å². The van der Waals surface area contributed by atoms with E-state index in [2.05, 4.69) is 0 Å². The number of hydrogen-bond donors (Lipinski definition) is 0. The molecule has 0 aliphatic carbocycles. The quantitative estimate of drug-likeness (QED) is 0.461. The molecule has 0 saturated heterocycles. The van der Waals surface area contributed by atoms with Crippen LogP contribution in [-0.4, -0.2) is 35.6 Å². The highest BCUT2D eigenvalue weighted by atomic mass is 31.2. The molecule has 0 aliphatic heterocycles. The van der Waals surface area contributed by atoms with Crippen molar-refractivity contribution in [2.75, 3.05) is 14.1 Å². The van der Waals surface area contributed by atoms with E-state index in [4.69, 9.17) is 0 Å². The summed E-state index contributed by atoms with van der Waals surface area (Å²) in [6.45, 7) is 13.6. The lowest BCUT2D eigenvalue weighted by atomic mass is 9.86. The van der Waals surface area contributed by atoms with Crippen LogP contribution in [0.5, 0.6) is 0 Å². The van der Waals surface area contributed by atoms with Gasteiger partial charge in [0.2, 0.25) is 11.4 Å². The van der Waals surface area contributed by atoms with Gasteiger partial charge in [-0.15, -0.1) is 0 Å². The fraction of sp³-hybridized carbons (Fsp3) is 0.481. The largest absolute Gasteiger partial charge is 0.349 e. The molecule has 0 N–H and O–H groups in total. The van der Waals surface area contributed by atoms with Gasteiger partial charge in [0, 0.05) is 36.0 Å². The maximum atomic E-state index is 15.0. The third-order valence-electron chi connectivity index (χ3n) is 6.43. The molecule has 32 heavy (non-hydrogen) atoms. The molecule has 0 heterocycles. The third kappa shape index (κ3) is 4.91. The Hall–Kier alpha value is -2.19. The van der Waals surface area contributed by atoms with Gasteiger partial charge in [-0.05, 0) is 44.2 Å². The Morgan fingerprint density at radius 2 is 1.47 bits per heavy atom. The van der Waals surface area contributed by atoms with E-state index in [1.165, 1.54) is 0 Å². The van der Waals surface area contributed by atoms with Crippen LogP contribution in [0.2, 0.25) is 0 Å². The summed E-state index contributed by atoms with van der Waals surface area (Å²) in [6.07, 6.45) is 0.365. The van der Waals surface area contributed by atoms with Crippen molar-refractivity contribution in [1.82, 2.24) is 4.90 Å². The van der Waals surface area contributed by atoms with Gasteiger partial charge in [-0.2, -0.15) is 0 Å². The summed E-state index contributed by atoms with van der Waals surface area (Å²) < 4.78 is 15.0. The van der Waals surface area contributed by atoms with E-state index in [0.717, 1.165) is 16.7 Å². The Balaban J connectivity index is 2.72. The van der Waals surface area contributed by atoms with Crippen LogP contribution in [-0.2, 0) is 9.36 Å². The van der Waals surface area contributed by atoms with Crippen molar-refractivity contribution >= 4 is 23.9 Å².